The van der Waals surface area contributed by atoms with Gasteiger partial charge >= 0.3 is 0 Å². The number of benzene rings is 1. The molecule has 7 heteroatoms. The highest BCUT2D eigenvalue weighted by Crippen LogP contribution is 2.24. The van der Waals surface area contributed by atoms with Crippen molar-refractivity contribution in [1.29, 1.82) is 0 Å². The fraction of sp³-hybridized carbons (Fsp3) is 0.474. The maximum absolute atomic E-state index is 7.33. The summed E-state index contributed by atoms with van der Waals surface area (Å²) in [5, 5.41) is 18.2. The molecule has 0 aliphatic rings. The van der Waals surface area contributed by atoms with Gasteiger partial charge in [0.15, 0.2) is 6.33 Å². The van der Waals surface area contributed by atoms with Crippen LogP contribution in [0, 0.1) is 17.8 Å². The van der Waals surface area contributed by atoms with E-state index in [1.807, 2.05) is 32.9 Å². The Hall–Kier alpha value is -2.97. The molecule has 138 valence electrons. The van der Waals surface area contributed by atoms with E-state index in [1.165, 1.54) is 18.9 Å². The van der Waals surface area contributed by atoms with Crippen molar-refractivity contribution in [2.45, 2.75) is 47.0 Å². The van der Waals surface area contributed by atoms with E-state index in [0.29, 0.717) is 5.82 Å². The maximum atomic E-state index is 7.33. The SMILES string of the molecule is C#CC(C)(C)C.CC(C)(C)c1ccc(-c2nncnn2)cc1.CN=[N+]=[N-]. The van der Waals surface area contributed by atoms with Crippen molar-refractivity contribution in [3.8, 4) is 23.7 Å². The van der Waals surface area contributed by atoms with Gasteiger partial charge in [-0.1, -0.05) is 50.2 Å². The molecule has 2 rings (SSSR count). The number of aromatic nitrogens is 4. The van der Waals surface area contributed by atoms with Crippen molar-refractivity contribution < 1.29 is 0 Å². The minimum absolute atomic E-state index is 0.0694. The van der Waals surface area contributed by atoms with Gasteiger partial charge in [0.1, 0.15) is 0 Å². The summed E-state index contributed by atoms with van der Waals surface area (Å²) in [5.74, 6) is 3.16. The first-order valence-electron chi connectivity index (χ1n) is 8.07. The molecule has 0 amide bonds. The lowest BCUT2D eigenvalue weighted by Gasteiger charge is -2.18. The Morgan fingerprint density at radius 3 is 1.73 bits per heavy atom. The number of rotatable bonds is 1. The lowest BCUT2D eigenvalue weighted by molar-refractivity contribution is 0.571. The molecule has 0 unspecified atom stereocenters. The molecule has 0 N–H and O–H groups in total. The normalized spacial score (nSPS) is 10.1. The van der Waals surface area contributed by atoms with Gasteiger partial charge < -0.3 is 0 Å². The van der Waals surface area contributed by atoms with Crippen molar-refractivity contribution in [3.63, 3.8) is 0 Å². The second-order valence-electron chi connectivity index (χ2n) is 7.38. The summed E-state index contributed by atoms with van der Waals surface area (Å²) in [4.78, 5) is 2.36. The summed E-state index contributed by atoms with van der Waals surface area (Å²) < 4.78 is 0. The number of hydrogen-bond acceptors (Lipinski definition) is 5. The van der Waals surface area contributed by atoms with Gasteiger partial charge in [-0.2, -0.15) is 0 Å². The smallest absolute Gasteiger partial charge is 0.135 e. The number of azide groups is 1. The van der Waals surface area contributed by atoms with E-state index in [1.54, 1.807) is 0 Å². The van der Waals surface area contributed by atoms with Gasteiger partial charge in [-0.3, -0.25) is 0 Å². The Labute approximate surface area is 155 Å². The zero-order chi connectivity index (χ0) is 20.2. The van der Waals surface area contributed by atoms with Gasteiger partial charge in [0, 0.05) is 22.9 Å². The lowest BCUT2D eigenvalue weighted by Crippen LogP contribution is -2.10. The number of hydrogen-bond donors (Lipinski definition) is 0. The molecule has 26 heavy (non-hydrogen) atoms. The van der Waals surface area contributed by atoms with Crippen LogP contribution in [0.5, 0.6) is 0 Å². The van der Waals surface area contributed by atoms with E-state index in [9.17, 15) is 0 Å². The Morgan fingerprint density at radius 1 is 1.00 bits per heavy atom. The Kier molecular flexibility index (Phi) is 9.57. The summed E-state index contributed by atoms with van der Waals surface area (Å²) in [6.45, 7) is 12.6. The average Bonchev–Trinajstić information content (AvgIpc) is 2.62. The molecule has 1 heterocycles. The van der Waals surface area contributed by atoms with Crippen LogP contribution < -0.4 is 0 Å². The first-order chi connectivity index (χ1) is 12.0. The number of terminal acetylenes is 1. The average molecular weight is 353 g/mol. The van der Waals surface area contributed by atoms with Gasteiger partial charge in [0.2, 0.25) is 5.82 Å². The molecule has 2 aromatic rings. The first kappa shape index (κ1) is 23.0. The van der Waals surface area contributed by atoms with Crippen molar-refractivity contribution >= 4 is 0 Å². The summed E-state index contributed by atoms with van der Waals surface area (Å²) in [5.41, 5.74) is 9.79. The van der Waals surface area contributed by atoms with Crippen LogP contribution in [0.15, 0.2) is 35.7 Å². The first-order valence-corrected chi connectivity index (χ1v) is 8.07. The molecule has 1 aromatic heterocycles. The summed E-state index contributed by atoms with van der Waals surface area (Å²) >= 11 is 0. The van der Waals surface area contributed by atoms with Crippen molar-refractivity contribution in [3.05, 3.63) is 46.6 Å². The molecule has 0 aliphatic carbocycles. The van der Waals surface area contributed by atoms with E-state index in [-0.39, 0.29) is 10.8 Å². The Balaban J connectivity index is 0.000000522. The van der Waals surface area contributed by atoms with Gasteiger partial charge in [-0.25, -0.2) is 0 Å². The van der Waals surface area contributed by atoms with Crippen molar-refractivity contribution in [2.75, 3.05) is 7.05 Å². The predicted octanol–water partition coefficient (Wildman–Crippen LogP) is 4.82. The molecule has 1 aromatic carbocycles. The van der Waals surface area contributed by atoms with Gasteiger partial charge in [-0.05, 0) is 37.3 Å². The molecular formula is C19H27N7. The molecular weight excluding hydrogens is 326 g/mol. The maximum Gasteiger partial charge on any atom is 0.203 e. The summed E-state index contributed by atoms with van der Waals surface area (Å²) in [7, 11) is 1.39. The van der Waals surface area contributed by atoms with Crippen molar-refractivity contribution in [2.24, 2.45) is 10.5 Å². The molecule has 0 aliphatic heterocycles. The van der Waals surface area contributed by atoms with Gasteiger partial charge in [0.25, 0.3) is 0 Å². The predicted molar refractivity (Wildman–Crippen MR) is 105 cm³/mol. The molecule has 0 saturated heterocycles. The van der Waals surface area contributed by atoms with E-state index < -0.39 is 0 Å². The molecule has 7 nitrogen and oxygen atoms in total. The van der Waals surface area contributed by atoms with E-state index >= 15 is 0 Å². The summed E-state index contributed by atoms with van der Waals surface area (Å²) in [6, 6.07) is 8.18. The molecule has 0 radical (unpaired) electrons. The van der Waals surface area contributed by atoms with Crippen LogP contribution in [0.4, 0.5) is 0 Å². The monoisotopic (exact) mass is 353 g/mol. The third-order valence-corrected chi connectivity index (χ3v) is 2.94. The van der Waals surface area contributed by atoms with E-state index in [0.717, 1.165) is 5.56 Å². The van der Waals surface area contributed by atoms with Crippen LogP contribution in [0.3, 0.4) is 0 Å². The van der Waals surface area contributed by atoms with Crippen LogP contribution in [-0.4, -0.2) is 27.4 Å². The Morgan fingerprint density at radius 2 is 1.42 bits per heavy atom. The minimum atomic E-state index is 0.0694. The highest BCUT2D eigenvalue weighted by atomic mass is 15.3. The van der Waals surface area contributed by atoms with Crippen LogP contribution in [0.2, 0.25) is 0 Å². The standard InChI is InChI=1S/C12H14N4.C6H10.CH3N3/c1-12(2,3)10-6-4-9(5-7-10)11-15-13-8-14-16-11;1-5-6(2,3)4;1-3-4-2/h4-8H,1-3H3;1H,2-4H3;1H3. The van der Waals surface area contributed by atoms with Crippen LogP contribution in [-0.2, 0) is 5.41 Å². The second-order valence-corrected chi connectivity index (χ2v) is 7.38. The fourth-order valence-electron chi connectivity index (χ4n) is 1.44. The highest BCUT2D eigenvalue weighted by Gasteiger charge is 2.13. The van der Waals surface area contributed by atoms with E-state index in [4.69, 9.17) is 12.0 Å². The van der Waals surface area contributed by atoms with Gasteiger partial charge in [-0.15, -0.1) is 32.7 Å². The number of nitrogens with zero attached hydrogens (tertiary/aromatic N) is 7. The largest absolute Gasteiger partial charge is 0.203 e. The molecule has 0 fully saturated rings. The van der Waals surface area contributed by atoms with Gasteiger partial charge in [0.05, 0.1) is 0 Å². The quantitative estimate of drug-likeness (QED) is 0.317. The lowest BCUT2D eigenvalue weighted by atomic mass is 9.87. The topological polar surface area (TPSA) is 100 Å². The zero-order valence-corrected chi connectivity index (χ0v) is 16.6. The minimum Gasteiger partial charge on any atom is -0.135 e. The third kappa shape index (κ3) is 10.0. The van der Waals surface area contributed by atoms with E-state index in [2.05, 4.69) is 69.2 Å². The second kappa shape index (κ2) is 10.8. The molecule has 0 bridgehead atoms. The van der Waals surface area contributed by atoms with Crippen molar-refractivity contribution in [1.82, 2.24) is 20.4 Å². The fourth-order valence-corrected chi connectivity index (χ4v) is 1.44. The Bertz CT molecular complexity index is 727. The van der Waals surface area contributed by atoms with Crippen LogP contribution >= 0.6 is 0 Å². The third-order valence-electron chi connectivity index (χ3n) is 2.94. The van der Waals surface area contributed by atoms with Crippen LogP contribution in [0.1, 0.15) is 47.1 Å². The molecule has 0 saturated carbocycles. The summed E-state index contributed by atoms with van der Waals surface area (Å²) in [6.07, 6.45) is 6.38. The zero-order valence-electron chi connectivity index (χ0n) is 16.6. The van der Waals surface area contributed by atoms with Crippen LogP contribution in [0.25, 0.3) is 21.8 Å². The molecule has 0 spiro atoms. The molecule has 0 atom stereocenters. The highest BCUT2D eigenvalue weighted by molar-refractivity contribution is 5.54.